The van der Waals surface area contributed by atoms with Crippen LogP contribution in [0.4, 0.5) is 5.69 Å². The first-order valence-electron chi connectivity index (χ1n) is 7.51. The number of aromatic amines is 1. The maximum absolute atomic E-state index is 9.22. The Kier molecular flexibility index (Phi) is 4.05. The average molecular weight is 364 g/mol. The van der Waals surface area contributed by atoms with Crippen LogP contribution >= 0.6 is 11.6 Å². The van der Waals surface area contributed by atoms with Gasteiger partial charge in [-0.2, -0.15) is 10.5 Å². The summed E-state index contributed by atoms with van der Waals surface area (Å²) < 4.78 is 5.77. The van der Waals surface area contributed by atoms with Crippen molar-refractivity contribution >= 4 is 34.0 Å². The van der Waals surface area contributed by atoms with Crippen molar-refractivity contribution in [2.24, 2.45) is 0 Å². The number of anilines is 1. The van der Waals surface area contributed by atoms with Crippen LogP contribution in [0.1, 0.15) is 5.82 Å². The van der Waals surface area contributed by atoms with Gasteiger partial charge in [0.2, 0.25) is 11.7 Å². The first-order chi connectivity index (χ1) is 12.7. The largest absolute Gasteiger partial charge is 0.436 e. The van der Waals surface area contributed by atoms with Crippen LogP contribution in [0.3, 0.4) is 0 Å². The summed E-state index contributed by atoms with van der Waals surface area (Å²) in [5.74, 6) is 0.666. The van der Waals surface area contributed by atoms with E-state index in [1.54, 1.807) is 12.1 Å². The van der Waals surface area contributed by atoms with Crippen LogP contribution in [0.15, 0.2) is 53.1 Å². The Morgan fingerprint density at radius 2 is 2.15 bits per heavy atom. The number of tetrazole rings is 1. The second-order valence-corrected chi connectivity index (χ2v) is 5.64. The third-order valence-corrected chi connectivity index (χ3v) is 3.92. The van der Waals surface area contributed by atoms with E-state index in [0.717, 1.165) is 11.1 Å². The highest BCUT2D eigenvalue weighted by Crippen LogP contribution is 2.30. The van der Waals surface area contributed by atoms with Gasteiger partial charge in [-0.1, -0.05) is 23.7 Å². The van der Waals surface area contributed by atoms with E-state index in [1.165, 1.54) is 6.20 Å². The van der Waals surface area contributed by atoms with Gasteiger partial charge in [0.15, 0.2) is 5.58 Å². The van der Waals surface area contributed by atoms with Crippen LogP contribution in [0.25, 0.3) is 28.1 Å². The van der Waals surface area contributed by atoms with Gasteiger partial charge in [0.05, 0.1) is 10.7 Å². The molecule has 0 amide bonds. The van der Waals surface area contributed by atoms with Crippen molar-refractivity contribution in [2.45, 2.75) is 0 Å². The minimum atomic E-state index is 0.186. The molecule has 126 valence electrons. The number of benzene rings is 2. The van der Waals surface area contributed by atoms with Crippen molar-refractivity contribution in [3.05, 3.63) is 59.5 Å². The maximum atomic E-state index is 9.22. The molecule has 4 aromatic rings. The van der Waals surface area contributed by atoms with Gasteiger partial charge in [-0.05, 0) is 35.5 Å². The molecule has 0 aliphatic heterocycles. The molecule has 26 heavy (non-hydrogen) atoms. The summed E-state index contributed by atoms with van der Waals surface area (Å²) in [6.07, 6.45) is 1.46. The molecule has 0 spiro atoms. The molecule has 2 N–H and O–H groups in total. The number of nitrogens with zero attached hydrogens (tertiary/aromatic N) is 5. The van der Waals surface area contributed by atoms with Crippen LogP contribution in [-0.2, 0) is 0 Å². The number of fused-ring (bicyclic) bond motifs is 1. The fraction of sp³-hybridized carbons (Fsp3) is 0. The predicted molar refractivity (Wildman–Crippen MR) is 95.8 cm³/mol. The number of nitrogens with one attached hydrogen (secondary N) is 2. The molecule has 0 saturated carbocycles. The standard InChI is InChI=1S/C17H10ClN7O/c18-12-6-5-10(17-21-13-3-1-2-4-15(13)26-17)7-14(12)20-9-11(8-19)16-22-24-25-23-16/h1-7,9,20H,(H,22,23,24,25). The molecule has 0 aliphatic rings. The predicted octanol–water partition coefficient (Wildman–Crippen LogP) is 3.64. The third kappa shape index (κ3) is 2.99. The van der Waals surface area contributed by atoms with Crippen LogP contribution in [0.5, 0.6) is 0 Å². The number of para-hydroxylation sites is 2. The molecule has 9 heteroatoms. The summed E-state index contributed by atoms with van der Waals surface area (Å²) in [6, 6.07) is 14.8. The topological polar surface area (TPSA) is 116 Å². The van der Waals surface area contributed by atoms with Gasteiger partial charge in [-0.3, -0.25) is 0 Å². The molecule has 0 fully saturated rings. The highest BCUT2D eigenvalue weighted by Gasteiger charge is 2.11. The Morgan fingerprint density at radius 1 is 1.27 bits per heavy atom. The number of allylic oxidation sites excluding steroid dienone is 1. The number of hydrogen-bond acceptors (Lipinski definition) is 7. The van der Waals surface area contributed by atoms with Crippen molar-refractivity contribution < 1.29 is 4.42 Å². The summed E-state index contributed by atoms with van der Waals surface area (Å²) in [5.41, 5.74) is 3.02. The van der Waals surface area contributed by atoms with E-state index in [2.05, 4.69) is 30.9 Å². The van der Waals surface area contributed by atoms with Crippen molar-refractivity contribution in [3.63, 3.8) is 0 Å². The molecule has 0 atom stereocenters. The normalized spacial score (nSPS) is 11.5. The van der Waals surface area contributed by atoms with Crippen LogP contribution in [0.2, 0.25) is 5.02 Å². The lowest BCUT2D eigenvalue weighted by molar-refractivity contribution is 0.620. The van der Waals surface area contributed by atoms with Gasteiger partial charge in [-0.25, -0.2) is 4.98 Å². The zero-order valence-electron chi connectivity index (χ0n) is 13.1. The van der Waals surface area contributed by atoms with E-state index >= 15 is 0 Å². The van der Waals surface area contributed by atoms with E-state index < -0.39 is 0 Å². The number of oxazole rings is 1. The Balaban J connectivity index is 1.67. The van der Waals surface area contributed by atoms with Crippen LogP contribution in [0, 0.1) is 11.3 Å². The average Bonchev–Trinajstić information content (AvgIpc) is 3.33. The van der Waals surface area contributed by atoms with E-state index in [0.29, 0.717) is 22.2 Å². The number of halogens is 1. The first kappa shape index (κ1) is 15.8. The molecule has 0 radical (unpaired) electrons. The van der Waals surface area contributed by atoms with Crippen molar-refractivity contribution in [2.75, 3.05) is 5.32 Å². The zero-order chi connectivity index (χ0) is 17.9. The summed E-state index contributed by atoms with van der Waals surface area (Å²) in [6.45, 7) is 0. The molecule has 2 heterocycles. The Morgan fingerprint density at radius 3 is 2.92 bits per heavy atom. The smallest absolute Gasteiger partial charge is 0.227 e. The highest BCUT2D eigenvalue weighted by molar-refractivity contribution is 6.33. The minimum absolute atomic E-state index is 0.186. The van der Waals surface area contributed by atoms with E-state index in [9.17, 15) is 5.26 Å². The Hall–Kier alpha value is -3.70. The van der Waals surface area contributed by atoms with Gasteiger partial charge < -0.3 is 9.73 Å². The van der Waals surface area contributed by atoms with E-state index in [1.807, 2.05) is 36.4 Å². The summed E-state index contributed by atoms with van der Waals surface area (Å²) >= 11 is 6.24. The molecule has 0 bridgehead atoms. The fourth-order valence-corrected chi connectivity index (χ4v) is 2.51. The molecule has 4 rings (SSSR count). The van der Waals surface area contributed by atoms with Gasteiger partial charge >= 0.3 is 0 Å². The molecule has 2 aromatic heterocycles. The second-order valence-electron chi connectivity index (χ2n) is 5.23. The fourth-order valence-electron chi connectivity index (χ4n) is 2.34. The van der Waals surface area contributed by atoms with E-state index in [-0.39, 0.29) is 11.4 Å². The second kappa shape index (κ2) is 6.66. The summed E-state index contributed by atoms with van der Waals surface area (Å²) in [4.78, 5) is 4.47. The number of hydrogen-bond donors (Lipinski definition) is 2. The number of rotatable bonds is 4. The van der Waals surface area contributed by atoms with Gasteiger partial charge in [0.25, 0.3) is 0 Å². The van der Waals surface area contributed by atoms with Crippen molar-refractivity contribution in [3.8, 4) is 17.5 Å². The van der Waals surface area contributed by atoms with Crippen molar-refractivity contribution in [1.29, 1.82) is 5.26 Å². The summed E-state index contributed by atoms with van der Waals surface area (Å²) in [5, 5.41) is 26.0. The van der Waals surface area contributed by atoms with Crippen LogP contribution < -0.4 is 5.32 Å². The lowest BCUT2D eigenvalue weighted by atomic mass is 10.2. The SMILES string of the molecule is N#CC(=CNc1cc(-c2nc3ccccc3o2)ccc1Cl)c1nn[nH]n1. The highest BCUT2D eigenvalue weighted by atomic mass is 35.5. The third-order valence-electron chi connectivity index (χ3n) is 3.59. The molecule has 0 unspecified atom stereocenters. The Bertz CT molecular complexity index is 1110. The van der Waals surface area contributed by atoms with E-state index in [4.69, 9.17) is 16.0 Å². The quantitative estimate of drug-likeness (QED) is 0.531. The maximum Gasteiger partial charge on any atom is 0.227 e. The minimum Gasteiger partial charge on any atom is -0.436 e. The molecule has 2 aromatic carbocycles. The number of H-pyrrole nitrogens is 1. The molecule has 0 saturated heterocycles. The first-order valence-corrected chi connectivity index (χ1v) is 7.88. The lowest BCUT2D eigenvalue weighted by Crippen LogP contribution is -1.94. The zero-order valence-corrected chi connectivity index (χ0v) is 13.9. The Labute approximate surface area is 152 Å². The summed E-state index contributed by atoms with van der Waals surface area (Å²) in [7, 11) is 0. The van der Waals surface area contributed by atoms with Gasteiger partial charge in [0, 0.05) is 11.8 Å². The monoisotopic (exact) mass is 363 g/mol. The molecule has 8 nitrogen and oxygen atoms in total. The molecule has 0 aliphatic carbocycles. The molecular formula is C17H10ClN7O. The lowest BCUT2D eigenvalue weighted by Gasteiger charge is -2.06. The molecular weight excluding hydrogens is 354 g/mol. The van der Waals surface area contributed by atoms with Gasteiger partial charge in [0.1, 0.15) is 17.2 Å². The van der Waals surface area contributed by atoms with Gasteiger partial charge in [-0.15, -0.1) is 10.2 Å². The van der Waals surface area contributed by atoms with Crippen molar-refractivity contribution in [1.82, 2.24) is 25.6 Å². The number of nitriles is 1. The van der Waals surface area contributed by atoms with Crippen LogP contribution in [-0.4, -0.2) is 25.6 Å². The number of aromatic nitrogens is 5.